The van der Waals surface area contributed by atoms with E-state index < -0.39 is 29.5 Å². The van der Waals surface area contributed by atoms with Crippen molar-refractivity contribution in [1.29, 1.82) is 0 Å². The van der Waals surface area contributed by atoms with E-state index in [0.717, 1.165) is 0 Å². The van der Waals surface area contributed by atoms with Crippen LogP contribution in [0.25, 0.3) is 0 Å². The number of ketones is 1. The minimum absolute atomic E-state index is 0.110. The lowest BCUT2D eigenvalue weighted by Crippen LogP contribution is -2.45. The van der Waals surface area contributed by atoms with Crippen LogP contribution in [0.5, 0.6) is 5.75 Å². The van der Waals surface area contributed by atoms with Crippen molar-refractivity contribution < 1.29 is 34.1 Å². The lowest BCUT2D eigenvalue weighted by atomic mass is 9.96. The zero-order valence-corrected chi connectivity index (χ0v) is 15.9. The number of rotatable bonds is 8. The van der Waals surface area contributed by atoms with Crippen molar-refractivity contribution in [2.24, 2.45) is 0 Å². The maximum Gasteiger partial charge on any atom is 0.394 e. The topological polar surface area (TPSA) is 130 Å². The minimum Gasteiger partial charge on any atom is -0.480 e. The molecule has 0 aliphatic carbocycles. The normalized spacial score (nSPS) is 11.9. The quantitative estimate of drug-likeness (QED) is 0.457. The van der Waals surface area contributed by atoms with Crippen molar-refractivity contribution in [2.45, 2.75) is 31.9 Å². The molecule has 2 aromatic carbocycles. The summed E-state index contributed by atoms with van der Waals surface area (Å²) in [6.45, 7) is 3.30. The molecule has 2 aromatic rings. The molecule has 3 N–H and O–H groups in total. The van der Waals surface area contributed by atoms with E-state index in [1.165, 1.54) is 0 Å². The molecule has 0 bridgehead atoms. The molecular weight excluding hydrogens is 378 g/mol. The van der Waals surface area contributed by atoms with Gasteiger partial charge in [0.25, 0.3) is 0 Å². The molecule has 0 aliphatic rings. The molecule has 0 aromatic heterocycles. The van der Waals surface area contributed by atoms with Gasteiger partial charge in [0.15, 0.2) is 5.60 Å². The largest absolute Gasteiger partial charge is 0.480 e. The van der Waals surface area contributed by atoms with E-state index in [1.54, 1.807) is 62.4 Å². The SMILES string of the molecule is CC(C)(Oc1ccc(CC(NC(=O)C(=O)O)C(=O)O)cc1)C(=O)c1ccccc1. The summed E-state index contributed by atoms with van der Waals surface area (Å²) in [5.41, 5.74) is -0.0581. The van der Waals surface area contributed by atoms with Gasteiger partial charge in [0.2, 0.25) is 5.78 Å². The third-order valence-corrected chi connectivity index (χ3v) is 4.12. The standard InChI is InChI=1S/C21H21NO7/c1-21(2,17(23)14-6-4-3-5-7-14)29-15-10-8-13(9-11-15)12-16(19(25)26)22-18(24)20(27)28/h3-11,16H,12H2,1-2H3,(H,22,24)(H,25,26)(H,27,28). The van der Waals surface area contributed by atoms with E-state index in [-0.39, 0.29) is 12.2 Å². The number of carbonyl (C=O) groups excluding carboxylic acids is 2. The van der Waals surface area contributed by atoms with Crippen LogP contribution in [0, 0.1) is 0 Å². The van der Waals surface area contributed by atoms with Gasteiger partial charge in [-0.25, -0.2) is 9.59 Å². The van der Waals surface area contributed by atoms with Crippen LogP contribution in [-0.4, -0.2) is 45.5 Å². The van der Waals surface area contributed by atoms with Crippen LogP contribution in [0.15, 0.2) is 54.6 Å². The van der Waals surface area contributed by atoms with Crippen molar-refractivity contribution in [3.05, 3.63) is 65.7 Å². The molecular formula is C21H21NO7. The number of Topliss-reactive ketones (excluding diaryl/α,β-unsaturated/α-hetero) is 1. The van der Waals surface area contributed by atoms with E-state index in [0.29, 0.717) is 16.9 Å². The van der Waals surface area contributed by atoms with Gasteiger partial charge in [0.05, 0.1) is 0 Å². The second-order valence-electron chi connectivity index (χ2n) is 6.83. The average molecular weight is 399 g/mol. The second kappa shape index (κ2) is 9.01. The van der Waals surface area contributed by atoms with Crippen LogP contribution < -0.4 is 10.1 Å². The van der Waals surface area contributed by atoms with E-state index in [4.69, 9.17) is 9.84 Å². The monoisotopic (exact) mass is 399 g/mol. The third-order valence-electron chi connectivity index (χ3n) is 4.12. The van der Waals surface area contributed by atoms with Gasteiger partial charge < -0.3 is 20.3 Å². The summed E-state index contributed by atoms with van der Waals surface area (Å²) in [5, 5.41) is 19.7. The van der Waals surface area contributed by atoms with Crippen molar-refractivity contribution in [1.82, 2.24) is 5.32 Å². The highest BCUT2D eigenvalue weighted by atomic mass is 16.5. The van der Waals surface area contributed by atoms with Crippen LogP contribution in [-0.2, 0) is 20.8 Å². The van der Waals surface area contributed by atoms with Gasteiger partial charge in [0.1, 0.15) is 11.8 Å². The maximum atomic E-state index is 12.6. The summed E-state index contributed by atoms with van der Waals surface area (Å²) in [4.78, 5) is 45.7. The first-order valence-electron chi connectivity index (χ1n) is 8.74. The number of carboxylic acids is 2. The molecule has 8 heteroatoms. The smallest absolute Gasteiger partial charge is 0.394 e. The Labute approximate surface area is 167 Å². The van der Waals surface area contributed by atoms with Gasteiger partial charge in [0, 0.05) is 12.0 Å². The van der Waals surface area contributed by atoms with Crippen molar-refractivity contribution in [2.75, 3.05) is 0 Å². The fraction of sp³-hybridized carbons (Fsp3) is 0.238. The minimum atomic E-state index is -1.76. The number of aliphatic carboxylic acids is 2. The third kappa shape index (κ3) is 5.90. The summed E-state index contributed by atoms with van der Waals surface area (Å²) >= 11 is 0. The highest BCUT2D eigenvalue weighted by molar-refractivity contribution is 6.31. The van der Waals surface area contributed by atoms with Crippen LogP contribution in [0.1, 0.15) is 29.8 Å². The number of benzene rings is 2. The molecule has 1 atom stereocenters. The Morgan fingerprint density at radius 3 is 2.07 bits per heavy atom. The predicted molar refractivity (Wildman–Crippen MR) is 103 cm³/mol. The number of carboxylic acid groups (broad SMARTS) is 2. The Morgan fingerprint density at radius 1 is 0.966 bits per heavy atom. The molecule has 0 saturated heterocycles. The molecule has 0 saturated carbocycles. The molecule has 0 spiro atoms. The maximum absolute atomic E-state index is 12.6. The molecule has 29 heavy (non-hydrogen) atoms. The van der Waals surface area contributed by atoms with Gasteiger partial charge in [-0.3, -0.25) is 9.59 Å². The van der Waals surface area contributed by atoms with Crippen molar-refractivity contribution in [3.8, 4) is 5.75 Å². The summed E-state index contributed by atoms with van der Waals surface area (Å²) in [5.74, 6) is -4.28. The Hall–Kier alpha value is -3.68. The van der Waals surface area contributed by atoms with E-state index in [1.807, 2.05) is 11.4 Å². The molecule has 1 unspecified atom stereocenters. The van der Waals surface area contributed by atoms with Crippen LogP contribution in [0.3, 0.4) is 0 Å². The fourth-order valence-corrected chi connectivity index (χ4v) is 2.63. The van der Waals surface area contributed by atoms with Crippen LogP contribution in [0.2, 0.25) is 0 Å². The molecule has 0 heterocycles. The summed E-state index contributed by atoms with van der Waals surface area (Å²) < 4.78 is 5.81. The summed E-state index contributed by atoms with van der Waals surface area (Å²) in [6.07, 6.45) is -0.110. The van der Waals surface area contributed by atoms with Gasteiger partial charge in [-0.1, -0.05) is 42.5 Å². The summed E-state index contributed by atoms with van der Waals surface area (Å²) in [7, 11) is 0. The van der Waals surface area contributed by atoms with Crippen molar-refractivity contribution in [3.63, 3.8) is 0 Å². The van der Waals surface area contributed by atoms with Gasteiger partial charge in [-0.2, -0.15) is 0 Å². The highest BCUT2D eigenvalue weighted by Crippen LogP contribution is 2.23. The Balaban J connectivity index is 2.07. The second-order valence-corrected chi connectivity index (χ2v) is 6.83. The van der Waals surface area contributed by atoms with Gasteiger partial charge in [-0.05, 0) is 31.5 Å². The Bertz CT molecular complexity index is 904. The van der Waals surface area contributed by atoms with E-state index in [9.17, 15) is 24.3 Å². The summed E-state index contributed by atoms with van der Waals surface area (Å²) in [6, 6.07) is 13.7. The molecule has 8 nitrogen and oxygen atoms in total. The Morgan fingerprint density at radius 2 is 1.55 bits per heavy atom. The number of hydrogen-bond donors (Lipinski definition) is 3. The van der Waals surface area contributed by atoms with E-state index >= 15 is 0 Å². The number of hydrogen-bond acceptors (Lipinski definition) is 5. The number of amides is 1. The lowest BCUT2D eigenvalue weighted by molar-refractivity contribution is -0.152. The fourth-order valence-electron chi connectivity index (χ4n) is 2.63. The molecule has 1 amide bonds. The number of nitrogens with one attached hydrogen (secondary N) is 1. The van der Waals surface area contributed by atoms with E-state index in [2.05, 4.69) is 0 Å². The lowest BCUT2D eigenvalue weighted by Gasteiger charge is -2.25. The molecule has 0 aliphatic heterocycles. The first-order valence-corrected chi connectivity index (χ1v) is 8.74. The van der Waals surface area contributed by atoms with Gasteiger partial charge >= 0.3 is 17.8 Å². The highest BCUT2D eigenvalue weighted by Gasteiger charge is 2.31. The number of carbonyl (C=O) groups is 4. The number of ether oxygens (including phenoxy) is 1. The van der Waals surface area contributed by atoms with Gasteiger partial charge in [-0.15, -0.1) is 0 Å². The average Bonchev–Trinajstić information content (AvgIpc) is 2.68. The first-order chi connectivity index (χ1) is 13.6. The molecule has 0 fully saturated rings. The first kappa shape index (κ1) is 21.6. The Kier molecular flexibility index (Phi) is 6.71. The molecule has 2 rings (SSSR count). The van der Waals surface area contributed by atoms with Crippen molar-refractivity contribution >= 4 is 23.6 Å². The zero-order chi connectivity index (χ0) is 21.6. The molecule has 152 valence electrons. The van der Waals surface area contributed by atoms with Crippen LogP contribution >= 0.6 is 0 Å². The predicted octanol–water partition coefficient (Wildman–Crippen LogP) is 1.92. The van der Waals surface area contributed by atoms with Crippen LogP contribution in [0.4, 0.5) is 0 Å². The zero-order valence-electron chi connectivity index (χ0n) is 15.9. The molecule has 0 radical (unpaired) electrons.